The van der Waals surface area contributed by atoms with Crippen LogP contribution in [0.2, 0.25) is 5.02 Å². The minimum atomic E-state index is 0.566. The minimum absolute atomic E-state index is 0.566. The van der Waals surface area contributed by atoms with Crippen LogP contribution in [-0.2, 0) is 0 Å². The standard InChI is InChI=1S/C12H14ClN5/c13-10-7-14-12(15-8-10)18-5-2-9(3-6-18)11-1-4-16-17-11/h1,4,7-9H,2-3,5-6H2,(H,16,17). The highest BCUT2D eigenvalue weighted by atomic mass is 35.5. The lowest BCUT2D eigenvalue weighted by molar-refractivity contribution is 0.490. The Morgan fingerprint density at radius 1 is 1.22 bits per heavy atom. The smallest absolute Gasteiger partial charge is 0.225 e. The molecule has 2 aromatic heterocycles. The first-order chi connectivity index (χ1) is 8.83. The van der Waals surface area contributed by atoms with Crippen molar-refractivity contribution in [2.75, 3.05) is 18.0 Å². The van der Waals surface area contributed by atoms with Crippen LogP contribution in [-0.4, -0.2) is 33.3 Å². The van der Waals surface area contributed by atoms with E-state index in [4.69, 9.17) is 11.6 Å². The predicted molar refractivity (Wildman–Crippen MR) is 69.8 cm³/mol. The lowest BCUT2D eigenvalue weighted by Crippen LogP contribution is -2.34. The van der Waals surface area contributed by atoms with E-state index in [2.05, 4.69) is 31.1 Å². The van der Waals surface area contributed by atoms with Crippen molar-refractivity contribution in [1.82, 2.24) is 20.2 Å². The Hall–Kier alpha value is -1.62. The van der Waals surface area contributed by atoms with Gasteiger partial charge in [0.15, 0.2) is 0 Å². The van der Waals surface area contributed by atoms with Crippen molar-refractivity contribution >= 4 is 17.5 Å². The first-order valence-corrected chi connectivity index (χ1v) is 6.42. The molecule has 0 unspecified atom stereocenters. The SMILES string of the molecule is Clc1cnc(N2CCC(c3ccn[nH]3)CC2)nc1. The van der Waals surface area contributed by atoms with Gasteiger partial charge >= 0.3 is 0 Å². The number of anilines is 1. The van der Waals surface area contributed by atoms with Gasteiger partial charge in [-0.1, -0.05) is 11.6 Å². The molecular weight excluding hydrogens is 250 g/mol. The van der Waals surface area contributed by atoms with Gasteiger partial charge in [-0.15, -0.1) is 0 Å². The van der Waals surface area contributed by atoms with Gasteiger partial charge in [0, 0.05) is 30.9 Å². The van der Waals surface area contributed by atoms with E-state index < -0.39 is 0 Å². The van der Waals surface area contributed by atoms with Crippen molar-refractivity contribution in [2.45, 2.75) is 18.8 Å². The first kappa shape index (κ1) is 11.5. The number of aromatic amines is 1. The second-order valence-electron chi connectivity index (χ2n) is 4.47. The van der Waals surface area contributed by atoms with Crippen molar-refractivity contribution in [3.63, 3.8) is 0 Å². The molecule has 3 heterocycles. The van der Waals surface area contributed by atoms with Gasteiger partial charge in [-0.05, 0) is 18.9 Å². The maximum atomic E-state index is 5.79. The number of hydrogen-bond acceptors (Lipinski definition) is 4. The highest BCUT2D eigenvalue weighted by Crippen LogP contribution is 2.27. The fourth-order valence-corrected chi connectivity index (χ4v) is 2.45. The molecule has 6 heteroatoms. The summed E-state index contributed by atoms with van der Waals surface area (Å²) in [6, 6.07) is 2.05. The van der Waals surface area contributed by atoms with Gasteiger partial charge in [0.25, 0.3) is 0 Å². The van der Waals surface area contributed by atoms with Crippen LogP contribution in [0, 0.1) is 0 Å². The summed E-state index contributed by atoms with van der Waals surface area (Å²) >= 11 is 5.79. The molecule has 3 rings (SSSR count). The van der Waals surface area contributed by atoms with Crippen molar-refractivity contribution in [1.29, 1.82) is 0 Å². The summed E-state index contributed by atoms with van der Waals surface area (Å²) in [6.07, 6.45) is 7.28. The van der Waals surface area contributed by atoms with Gasteiger partial charge in [0.2, 0.25) is 5.95 Å². The van der Waals surface area contributed by atoms with Crippen LogP contribution < -0.4 is 4.90 Å². The molecule has 0 saturated carbocycles. The molecule has 2 aromatic rings. The largest absolute Gasteiger partial charge is 0.341 e. The topological polar surface area (TPSA) is 57.7 Å². The molecule has 1 fully saturated rings. The van der Waals surface area contributed by atoms with Crippen LogP contribution in [0.25, 0.3) is 0 Å². The van der Waals surface area contributed by atoms with E-state index in [-0.39, 0.29) is 0 Å². The van der Waals surface area contributed by atoms with E-state index in [9.17, 15) is 0 Å². The van der Waals surface area contributed by atoms with Crippen LogP contribution in [0.3, 0.4) is 0 Å². The molecule has 0 aromatic carbocycles. The summed E-state index contributed by atoms with van der Waals surface area (Å²) in [7, 11) is 0. The Bertz CT molecular complexity index is 488. The molecule has 1 N–H and O–H groups in total. The van der Waals surface area contributed by atoms with E-state index in [0.717, 1.165) is 31.9 Å². The van der Waals surface area contributed by atoms with E-state index >= 15 is 0 Å². The van der Waals surface area contributed by atoms with Crippen LogP contribution in [0.1, 0.15) is 24.5 Å². The van der Waals surface area contributed by atoms with Gasteiger partial charge in [0.05, 0.1) is 17.4 Å². The molecule has 0 radical (unpaired) electrons. The van der Waals surface area contributed by atoms with Gasteiger partial charge in [-0.25, -0.2) is 9.97 Å². The fraction of sp³-hybridized carbons (Fsp3) is 0.417. The summed E-state index contributed by atoms with van der Waals surface area (Å²) < 4.78 is 0. The lowest BCUT2D eigenvalue weighted by atomic mass is 9.94. The molecule has 1 saturated heterocycles. The van der Waals surface area contributed by atoms with Crippen molar-refractivity contribution in [3.8, 4) is 0 Å². The summed E-state index contributed by atoms with van der Waals surface area (Å²) in [6.45, 7) is 1.93. The minimum Gasteiger partial charge on any atom is -0.341 e. The Morgan fingerprint density at radius 3 is 2.56 bits per heavy atom. The third-order valence-corrected chi connectivity index (χ3v) is 3.54. The highest BCUT2D eigenvalue weighted by Gasteiger charge is 2.22. The van der Waals surface area contributed by atoms with Crippen LogP contribution in [0.5, 0.6) is 0 Å². The summed E-state index contributed by atoms with van der Waals surface area (Å²) in [5.74, 6) is 1.33. The summed E-state index contributed by atoms with van der Waals surface area (Å²) in [4.78, 5) is 10.7. The predicted octanol–water partition coefficient (Wildman–Crippen LogP) is 2.24. The molecular formula is C12H14ClN5. The number of nitrogens with one attached hydrogen (secondary N) is 1. The molecule has 94 valence electrons. The van der Waals surface area contributed by atoms with Gasteiger partial charge < -0.3 is 4.90 Å². The van der Waals surface area contributed by atoms with E-state index in [1.807, 2.05) is 6.20 Å². The van der Waals surface area contributed by atoms with E-state index in [0.29, 0.717) is 10.9 Å². The maximum absolute atomic E-state index is 5.79. The lowest BCUT2D eigenvalue weighted by Gasteiger charge is -2.31. The van der Waals surface area contributed by atoms with Gasteiger partial charge in [-0.3, -0.25) is 5.10 Å². The number of halogens is 1. The zero-order valence-electron chi connectivity index (χ0n) is 9.88. The normalized spacial score (nSPS) is 17.1. The molecule has 0 aliphatic carbocycles. The molecule has 0 atom stereocenters. The molecule has 1 aliphatic heterocycles. The van der Waals surface area contributed by atoms with Crippen molar-refractivity contribution in [2.24, 2.45) is 0 Å². The summed E-state index contributed by atoms with van der Waals surface area (Å²) in [5.41, 5.74) is 1.23. The molecule has 1 aliphatic rings. The number of rotatable bonds is 2. The molecule has 0 amide bonds. The maximum Gasteiger partial charge on any atom is 0.225 e. The average molecular weight is 264 g/mol. The second kappa shape index (κ2) is 4.94. The number of piperidine rings is 1. The Labute approximate surface area is 110 Å². The van der Waals surface area contributed by atoms with Crippen molar-refractivity contribution in [3.05, 3.63) is 35.4 Å². The number of hydrogen-bond donors (Lipinski definition) is 1. The van der Waals surface area contributed by atoms with E-state index in [1.54, 1.807) is 12.4 Å². The zero-order chi connectivity index (χ0) is 12.4. The number of aromatic nitrogens is 4. The van der Waals surface area contributed by atoms with E-state index in [1.165, 1.54) is 5.69 Å². The monoisotopic (exact) mass is 263 g/mol. The Morgan fingerprint density at radius 2 is 1.94 bits per heavy atom. The van der Waals surface area contributed by atoms with Crippen LogP contribution >= 0.6 is 11.6 Å². The number of nitrogens with zero attached hydrogens (tertiary/aromatic N) is 4. The third kappa shape index (κ3) is 2.31. The molecule has 18 heavy (non-hydrogen) atoms. The quantitative estimate of drug-likeness (QED) is 0.903. The highest BCUT2D eigenvalue weighted by molar-refractivity contribution is 6.30. The van der Waals surface area contributed by atoms with Crippen LogP contribution in [0.4, 0.5) is 5.95 Å². The Balaban J connectivity index is 1.65. The molecule has 0 spiro atoms. The van der Waals surface area contributed by atoms with Crippen molar-refractivity contribution < 1.29 is 0 Å². The average Bonchev–Trinajstić information content (AvgIpc) is 2.94. The molecule has 0 bridgehead atoms. The number of H-pyrrole nitrogens is 1. The van der Waals surface area contributed by atoms with Crippen LogP contribution in [0.15, 0.2) is 24.7 Å². The molecule has 5 nitrogen and oxygen atoms in total. The summed E-state index contributed by atoms with van der Waals surface area (Å²) in [5, 5.41) is 7.63. The fourth-order valence-electron chi connectivity index (χ4n) is 2.35. The zero-order valence-corrected chi connectivity index (χ0v) is 10.6. The Kier molecular flexibility index (Phi) is 3.15. The van der Waals surface area contributed by atoms with Gasteiger partial charge in [-0.2, -0.15) is 5.10 Å². The second-order valence-corrected chi connectivity index (χ2v) is 4.91. The van der Waals surface area contributed by atoms with Gasteiger partial charge in [0.1, 0.15) is 0 Å². The first-order valence-electron chi connectivity index (χ1n) is 6.04. The third-order valence-electron chi connectivity index (χ3n) is 3.35.